The van der Waals surface area contributed by atoms with E-state index in [1.807, 2.05) is 13.8 Å². The number of alkyl halides is 3. The second-order valence-electron chi connectivity index (χ2n) is 3.52. The van der Waals surface area contributed by atoms with Gasteiger partial charge in [0.2, 0.25) is 0 Å². The predicted molar refractivity (Wildman–Crippen MR) is 65.3 cm³/mol. The smallest absolute Gasteiger partial charge is 0.334 e. The number of benzene rings is 1. The molecule has 1 rings (SSSR count). The Kier molecular flexibility index (Phi) is 6.06. The lowest BCUT2D eigenvalue weighted by Gasteiger charge is -2.16. The molecule has 0 N–H and O–H groups in total. The first kappa shape index (κ1) is 15.4. The van der Waals surface area contributed by atoms with Crippen molar-refractivity contribution in [2.75, 3.05) is 13.2 Å². The monoisotopic (exact) mass is 280 g/mol. The lowest BCUT2D eigenvalue weighted by atomic mass is 10.1. The first-order valence-corrected chi connectivity index (χ1v) is 7.03. The molecule has 0 unspecified atom stereocenters. The van der Waals surface area contributed by atoms with Crippen LogP contribution in [0.15, 0.2) is 24.3 Å². The third kappa shape index (κ3) is 4.92. The summed E-state index contributed by atoms with van der Waals surface area (Å²) in [4.78, 5) is 0. The highest BCUT2D eigenvalue weighted by Gasteiger charge is 2.30. The molecule has 0 radical (unpaired) electrons. The van der Waals surface area contributed by atoms with Crippen molar-refractivity contribution < 1.29 is 22.2 Å². The fraction of sp³-hybridized carbons (Fsp3) is 0.500. The Balaban J connectivity index is 2.67. The zero-order chi connectivity index (χ0) is 13.6. The number of halogens is 3. The topological polar surface area (TPSA) is 18.5 Å². The summed E-state index contributed by atoms with van der Waals surface area (Å²) in [5, 5.41) is 0. The minimum absolute atomic E-state index is 0.509. The van der Waals surface area contributed by atoms with Crippen LogP contribution in [0.5, 0.6) is 0 Å². The molecule has 0 heterocycles. The average molecular weight is 280 g/mol. The van der Waals surface area contributed by atoms with Crippen LogP contribution in [0.3, 0.4) is 0 Å². The Bertz CT molecular complexity index is 345. The molecule has 18 heavy (non-hydrogen) atoms. The Labute approximate surface area is 106 Å². The minimum Gasteiger partial charge on any atom is -0.334 e. The highest BCUT2D eigenvalue weighted by atomic mass is 31.2. The molecular formula is C12H16F3O2P. The summed E-state index contributed by atoms with van der Waals surface area (Å²) in [6.45, 7) is 4.79. The molecule has 0 aromatic heterocycles. The average Bonchev–Trinajstić information content (AvgIpc) is 2.29. The molecular weight excluding hydrogens is 264 g/mol. The van der Waals surface area contributed by atoms with Crippen molar-refractivity contribution in [3.63, 3.8) is 0 Å². The second kappa shape index (κ2) is 7.07. The maximum atomic E-state index is 12.4. The van der Waals surface area contributed by atoms with Crippen LogP contribution in [0.1, 0.15) is 25.0 Å². The predicted octanol–water partition coefficient (Wildman–Crippen LogP) is 4.59. The van der Waals surface area contributed by atoms with Gasteiger partial charge in [-0.05, 0) is 31.5 Å². The third-order valence-corrected chi connectivity index (χ3v) is 3.85. The van der Waals surface area contributed by atoms with E-state index in [1.165, 1.54) is 12.1 Å². The van der Waals surface area contributed by atoms with Crippen molar-refractivity contribution >= 4 is 8.38 Å². The van der Waals surface area contributed by atoms with Gasteiger partial charge in [-0.15, -0.1) is 0 Å². The summed E-state index contributed by atoms with van der Waals surface area (Å²) in [6.07, 6.45) is -3.78. The Morgan fingerprint density at radius 3 is 1.89 bits per heavy atom. The Morgan fingerprint density at radius 2 is 1.50 bits per heavy atom. The first-order chi connectivity index (χ1) is 8.47. The lowest BCUT2D eigenvalue weighted by Crippen LogP contribution is -2.04. The van der Waals surface area contributed by atoms with Crippen molar-refractivity contribution in [3.05, 3.63) is 35.4 Å². The van der Waals surface area contributed by atoms with Crippen LogP contribution in [-0.4, -0.2) is 13.2 Å². The van der Waals surface area contributed by atoms with Gasteiger partial charge in [0.25, 0.3) is 0 Å². The molecule has 0 aliphatic rings. The quantitative estimate of drug-likeness (QED) is 0.709. The van der Waals surface area contributed by atoms with Crippen molar-refractivity contribution in [2.24, 2.45) is 0 Å². The maximum Gasteiger partial charge on any atom is 0.416 e. The van der Waals surface area contributed by atoms with Gasteiger partial charge in [-0.2, -0.15) is 13.2 Å². The molecule has 0 fully saturated rings. The highest BCUT2D eigenvalue weighted by molar-refractivity contribution is 7.46. The van der Waals surface area contributed by atoms with E-state index in [4.69, 9.17) is 9.05 Å². The van der Waals surface area contributed by atoms with Crippen LogP contribution in [0, 0.1) is 0 Å². The molecule has 0 spiro atoms. The lowest BCUT2D eigenvalue weighted by molar-refractivity contribution is -0.137. The zero-order valence-corrected chi connectivity index (χ0v) is 11.2. The molecule has 1 aromatic carbocycles. The minimum atomic E-state index is -4.29. The summed E-state index contributed by atoms with van der Waals surface area (Å²) < 4.78 is 47.9. The van der Waals surface area contributed by atoms with Crippen LogP contribution < -0.4 is 0 Å². The van der Waals surface area contributed by atoms with E-state index in [1.54, 1.807) is 0 Å². The normalized spacial score (nSPS) is 12.1. The highest BCUT2D eigenvalue weighted by Crippen LogP contribution is 2.42. The van der Waals surface area contributed by atoms with Crippen LogP contribution in [0.4, 0.5) is 13.2 Å². The third-order valence-electron chi connectivity index (χ3n) is 2.14. The van der Waals surface area contributed by atoms with E-state index in [-0.39, 0.29) is 0 Å². The maximum absolute atomic E-state index is 12.4. The van der Waals surface area contributed by atoms with Crippen molar-refractivity contribution in [1.29, 1.82) is 0 Å². The molecule has 0 aliphatic heterocycles. The number of hydrogen-bond donors (Lipinski definition) is 0. The first-order valence-electron chi connectivity index (χ1n) is 5.66. The summed E-state index contributed by atoms with van der Waals surface area (Å²) in [5.41, 5.74) is 0.152. The molecule has 0 saturated carbocycles. The molecule has 0 atom stereocenters. The van der Waals surface area contributed by atoms with E-state index in [2.05, 4.69) is 0 Å². The molecule has 0 saturated heterocycles. The number of hydrogen-bond acceptors (Lipinski definition) is 2. The van der Waals surface area contributed by atoms with E-state index in [9.17, 15) is 13.2 Å². The van der Waals surface area contributed by atoms with Gasteiger partial charge >= 0.3 is 6.18 Å². The largest absolute Gasteiger partial charge is 0.416 e. The van der Waals surface area contributed by atoms with Crippen molar-refractivity contribution in [1.82, 2.24) is 0 Å². The van der Waals surface area contributed by atoms with E-state index < -0.39 is 20.1 Å². The van der Waals surface area contributed by atoms with Crippen molar-refractivity contribution in [2.45, 2.75) is 26.2 Å². The fourth-order valence-corrected chi connectivity index (χ4v) is 2.71. The van der Waals surface area contributed by atoms with E-state index >= 15 is 0 Å². The second-order valence-corrected chi connectivity index (χ2v) is 5.02. The summed E-state index contributed by atoms with van der Waals surface area (Å²) in [6, 6.07) is 5.11. The van der Waals surface area contributed by atoms with Gasteiger partial charge < -0.3 is 9.05 Å². The molecule has 0 aliphatic carbocycles. The van der Waals surface area contributed by atoms with Gasteiger partial charge in [-0.25, -0.2) is 0 Å². The number of rotatable bonds is 6. The van der Waals surface area contributed by atoms with Crippen LogP contribution in [-0.2, 0) is 21.4 Å². The van der Waals surface area contributed by atoms with Gasteiger partial charge in [0.1, 0.15) is 0 Å². The van der Waals surface area contributed by atoms with E-state index in [0.717, 1.165) is 17.7 Å². The zero-order valence-electron chi connectivity index (χ0n) is 10.3. The Hall–Kier alpha value is -0.640. The summed E-state index contributed by atoms with van der Waals surface area (Å²) >= 11 is 0. The Morgan fingerprint density at radius 1 is 1.00 bits per heavy atom. The van der Waals surface area contributed by atoms with Gasteiger partial charge in [0, 0.05) is 6.16 Å². The molecule has 2 nitrogen and oxygen atoms in total. The van der Waals surface area contributed by atoms with Gasteiger partial charge in [0.05, 0.1) is 18.8 Å². The van der Waals surface area contributed by atoms with Crippen LogP contribution >= 0.6 is 8.38 Å². The fourth-order valence-electron chi connectivity index (χ4n) is 1.36. The molecule has 1 aromatic rings. The van der Waals surface area contributed by atoms with Crippen LogP contribution in [0.25, 0.3) is 0 Å². The molecule has 0 amide bonds. The standard InChI is InChI=1S/C12H16F3O2P/c1-3-16-18(17-4-2)9-10-5-7-11(8-6-10)12(13,14)15/h5-8H,3-4,9H2,1-2H3. The molecule has 6 heteroatoms. The summed E-state index contributed by atoms with van der Waals surface area (Å²) in [7, 11) is -1.06. The SMILES string of the molecule is CCOP(Cc1ccc(C(F)(F)F)cc1)OCC. The van der Waals surface area contributed by atoms with Gasteiger partial charge in [-0.3, -0.25) is 0 Å². The molecule has 102 valence electrons. The summed E-state index contributed by atoms with van der Waals surface area (Å²) in [5.74, 6) is 0. The van der Waals surface area contributed by atoms with Crippen molar-refractivity contribution in [3.8, 4) is 0 Å². The van der Waals surface area contributed by atoms with E-state index in [0.29, 0.717) is 19.4 Å². The van der Waals surface area contributed by atoms with Gasteiger partial charge in [0.15, 0.2) is 8.38 Å². The van der Waals surface area contributed by atoms with Gasteiger partial charge in [-0.1, -0.05) is 12.1 Å². The molecule has 0 bridgehead atoms. The van der Waals surface area contributed by atoms with Crippen LogP contribution in [0.2, 0.25) is 0 Å².